The molecule has 0 bridgehead atoms. The number of amides is 1. The summed E-state index contributed by atoms with van der Waals surface area (Å²) in [4.78, 5) is 17.8. The van der Waals surface area contributed by atoms with Crippen LogP contribution in [-0.2, 0) is 7.05 Å². The second kappa shape index (κ2) is 6.68. The monoisotopic (exact) mass is 364 g/mol. The fourth-order valence-corrected chi connectivity index (χ4v) is 3.68. The summed E-state index contributed by atoms with van der Waals surface area (Å²) < 4.78 is 6.98. The van der Waals surface area contributed by atoms with E-state index < -0.39 is 0 Å². The van der Waals surface area contributed by atoms with Crippen molar-refractivity contribution in [2.75, 3.05) is 7.11 Å². The maximum atomic E-state index is 13.2. The minimum absolute atomic E-state index is 0.00362. The molecule has 1 atom stereocenters. The standard InChI is InChI=1S/C21H24N4O2/c1-12-11-17(18-13(2)24-25(3)20(18)22-12)21(26)23-19(14-5-6-14)15-7-9-16(27-4)10-8-15/h7-11,14,19H,5-6H2,1-4H3,(H,23,26). The van der Waals surface area contributed by atoms with Crippen LogP contribution in [-0.4, -0.2) is 27.8 Å². The number of methoxy groups -OCH3 is 1. The number of rotatable bonds is 5. The van der Waals surface area contributed by atoms with Gasteiger partial charge in [-0.15, -0.1) is 0 Å². The smallest absolute Gasteiger partial charge is 0.252 e. The number of ether oxygens (including phenoxy) is 1. The van der Waals surface area contributed by atoms with Gasteiger partial charge < -0.3 is 10.1 Å². The number of hydrogen-bond donors (Lipinski definition) is 1. The highest BCUT2D eigenvalue weighted by molar-refractivity contribution is 6.06. The van der Waals surface area contributed by atoms with Gasteiger partial charge in [0.1, 0.15) is 5.75 Å². The van der Waals surface area contributed by atoms with E-state index in [1.807, 2.05) is 51.2 Å². The summed E-state index contributed by atoms with van der Waals surface area (Å²) >= 11 is 0. The number of hydrogen-bond acceptors (Lipinski definition) is 4. The van der Waals surface area contributed by atoms with E-state index in [-0.39, 0.29) is 11.9 Å². The van der Waals surface area contributed by atoms with Crippen LogP contribution in [0.2, 0.25) is 0 Å². The van der Waals surface area contributed by atoms with Crippen LogP contribution in [0.4, 0.5) is 0 Å². The molecule has 140 valence electrons. The first kappa shape index (κ1) is 17.5. The molecule has 1 saturated carbocycles. The van der Waals surface area contributed by atoms with Crippen molar-refractivity contribution in [2.24, 2.45) is 13.0 Å². The van der Waals surface area contributed by atoms with Crippen molar-refractivity contribution >= 4 is 16.9 Å². The van der Waals surface area contributed by atoms with Gasteiger partial charge in [-0.25, -0.2) is 4.98 Å². The zero-order valence-corrected chi connectivity index (χ0v) is 16.1. The zero-order chi connectivity index (χ0) is 19.1. The predicted molar refractivity (Wildman–Crippen MR) is 104 cm³/mol. The molecule has 3 aromatic rings. The third-order valence-electron chi connectivity index (χ3n) is 5.20. The van der Waals surface area contributed by atoms with Gasteiger partial charge >= 0.3 is 0 Å². The molecular weight excluding hydrogens is 340 g/mol. The molecule has 0 aliphatic heterocycles. The van der Waals surface area contributed by atoms with Gasteiger partial charge in [-0.05, 0) is 56.4 Å². The summed E-state index contributed by atoms with van der Waals surface area (Å²) in [6.07, 6.45) is 2.27. The quantitative estimate of drug-likeness (QED) is 0.753. The van der Waals surface area contributed by atoms with Gasteiger partial charge in [0, 0.05) is 12.7 Å². The van der Waals surface area contributed by atoms with Crippen LogP contribution in [0.3, 0.4) is 0 Å². The van der Waals surface area contributed by atoms with Gasteiger partial charge in [0.15, 0.2) is 5.65 Å². The molecule has 2 heterocycles. The molecule has 1 aliphatic carbocycles. The van der Waals surface area contributed by atoms with Crippen molar-refractivity contribution in [1.29, 1.82) is 0 Å². The summed E-state index contributed by atoms with van der Waals surface area (Å²) in [7, 11) is 3.51. The van der Waals surface area contributed by atoms with E-state index in [0.29, 0.717) is 11.5 Å². The third-order valence-corrected chi connectivity index (χ3v) is 5.20. The fraction of sp³-hybridized carbons (Fsp3) is 0.381. The Morgan fingerprint density at radius 3 is 2.59 bits per heavy atom. The minimum atomic E-state index is -0.0747. The molecule has 0 radical (unpaired) electrons. The second-order valence-corrected chi connectivity index (χ2v) is 7.28. The first-order valence-corrected chi connectivity index (χ1v) is 9.23. The molecule has 4 rings (SSSR count). The molecule has 1 unspecified atom stereocenters. The van der Waals surface area contributed by atoms with E-state index in [4.69, 9.17) is 4.74 Å². The molecule has 1 fully saturated rings. The number of carbonyl (C=O) groups excluding carboxylic acids is 1. The van der Waals surface area contributed by atoms with Crippen molar-refractivity contribution in [1.82, 2.24) is 20.1 Å². The van der Waals surface area contributed by atoms with Crippen molar-refractivity contribution in [3.63, 3.8) is 0 Å². The molecule has 2 aromatic heterocycles. The lowest BCUT2D eigenvalue weighted by molar-refractivity contribution is 0.0933. The van der Waals surface area contributed by atoms with E-state index in [0.717, 1.165) is 46.6 Å². The van der Waals surface area contributed by atoms with E-state index in [1.165, 1.54) is 0 Å². The Labute approximate surface area is 158 Å². The summed E-state index contributed by atoms with van der Waals surface area (Å²) in [5.74, 6) is 1.22. The first-order chi connectivity index (χ1) is 13.0. The number of aryl methyl sites for hydroxylation is 3. The van der Waals surface area contributed by atoms with E-state index >= 15 is 0 Å². The normalized spacial score (nSPS) is 15.0. The van der Waals surface area contributed by atoms with Crippen LogP contribution in [0.25, 0.3) is 11.0 Å². The molecule has 1 aliphatic rings. The van der Waals surface area contributed by atoms with Gasteiger partial charge in [-0.1, -0.05) is 12.1 Å². The lowest BCUT2D eigenvalue weighted by atomic mass is 10.0. The maximum absolute atomic E-state index is 13.2. The van der Waals surface area contributed by atoms with Crippen LogP contribution < -0.4 is 10.1 Å². The Hall–Kier alpha value is -2.89. The average molecular weight is 364 g/mol. The predicted octanol–water partition coefficient (Wildman–Crippen LogP) is 3.47. The van der Waals surface area contributed by atoms with Crippen molar-refractivity contribution in [2.45, 2.75) is 32.7 Å². The van der Waals surface area contributed by atoms with E-state index in [9.17, 15) is 4.79 Å². The Morgan fingerprint density at radius 2 is 1.96 bits per heavy atom. The van der Waals surface area contributed by atoms with Crippen LogP contribution in [0.1, 0.15) is 46.2 Å². The molecule has 6 nitrogen and oxygen atoms in total. The van der Waals surface area contributed by atoms with Gasteiger partial charge in [0.25, 0.3) is 5.91 Å². The summed E-state index contributed by atoms with van der Waals surface area (Å²) in [6, 6.07) is 9.80. The SMILES string of the molecule is COc1ccc(C(NC(=O)c2cc(C)nc3c2c(C)nn3C)C2CC2)cc1. The number of benzene rings is 1. The second-order valence-electron chi connectivity index (χ2n) is 7.28. The fourth-order valence-electron chi connectivity index (χ4n) is 3.68. The topological polar surface area (TPSA) is 69.0 Å². The number of aromatic nitrogens is 3. The summed E-state index contributed by atoms with van der Waals surface area (Å²) in [6.45, 7) is 3.82. The Kier molecular flexibility index (Phi) is 4.34. The highest BCUT2D eigenvalue weighted by atomic mass is 16.5. The first-order valence-electron chi connectivity index (χ1n) is 9.23. The molecule has 27 heavy (non-hydrogen) atoms. The van der Waals surface area contributed by atoms with Gasteiger partial charge in [-0.2, -0.15) is 5.10 Å². The largest absolute Gasteiger partial charge is 0.497 e. The molecule has 6 heteroatoms. The van der Waals surface area contributed by atoms with Crippen LogP contribution in [0, 0.1) is 19.8 Å². The summed E-state index contributed by atoms with van der Waals surface area (Å²) in [5, 5.41) is 8.52. The molecule has 0 spiro atoms. The zero-order valence-electron chi connectivity index (χ0n) is 16.1. The molecule has 0 saturated heterocycles. The van der Waals surface area contributed by atoms with Gasteiger partial charge in [0.2, 0.25) is 0 Å². The van der Waals surface area contributed by atoms with E-state index in [1.54, 1.807) is 11.8 Å². The number of carbonyl (C=O) groups is 1. The van der Waals surface area contributed by atoms with Crippen molar-refractivity contribution in [3.8, 4) is 5.75 Å². The molecule has 1 aromatic carbocycles. The lowest BCUT2D eigenvalue weighted by Crippen LogP contribution is -2.30. The Balaban J connectivity index is 1.68. The number of fused-ring (bicyclic) bond motifs is 1. The molecule has 1 amide bonds. The molecule has 1 N–H and O–H groups in total. The minimum Gasteiger partial charge on any atom is -0.497 e. The van der Waals surface area contributed by atoms with Gasteiger partial charge in [0.05, 0.1) is 29.8 Å². The number of nitrogens with one attached hydrogen (secondary N) is 1. The average Bonchev–Trinajstić information content (AvgIpc) is 3.46. The molecular formula is C21H24N4O2. The van der Waals surface area contributed by atoms with Gasteiger partial charge in [-0.3, -0.25) is 9.48 Å². The van der Waals surface area contributed by atoms with E-state index in [2.05, 4.69) is 15.4 Å². The number of pyridine rings is 1. The third kappa shape index (κ3) is 3.27. The lowest BCUT2D eigenvalue weighted by Gasteiger charge is -2.19. The maximum Gasteiger partial charge on any atom is 0.252 e. The Morgan fingerprint density at radius 1 is 1.26 bits per heavy atom. The summed E-state index contributed by atoms with van der Waals surface area (Å²) in [5.41, 5.74) is 4.12. The van der Waals surface area contributed by atoms with Crippen molar-refractivity contribution in [3.05, 3.63) is 52.8 Å². The highest BCUT2D eigenvalue weighted by Crippen LogP contribution is 2.41. The van der Waals surface area contributed by atoms with Crippen LogP contribution >= 0.6 is 0 Å². The van der Waals surface area contributed by atoms with Crippen molar-refractivity contribution < 1.29 is 9.53 Å². The number of nitrogens with zero attached hydrogens (tertiary/aromatic N) is 3. The van der Waals surface area contributed by atoms with Crippen LogP contribution in [0.5, 0.6) is 5.75 Å². The van der Waals surface area contributed by atoms with Crippen LogP contribution in [0.15, 0.2) is 30.3 Å². The Bertz CT molecular complexity index is 1000. The highest BCUT2D eigenvalue weighted by Gasteiger charge is 2.34.